The zero-order valence-corrected chi connectivity index (χ0v) is 11.2. The molecule has 2 aromatic carbocycles. The zero-order chi connectivity index (χ0) is 13.7. The van der Waals surface area contributed by atoms with Gasteiger partial charge in [0.05, 0.1) is 0 Å². The minimum absolute atomic E-state index is 0.0484. The van der Waals surface area contributed by atoms with E-state index in [0.717, 1.165) is 11.4 Å². The van der Waals surface area contributed by atoms with Crippen LogP contribution in [0.3, 0.4) is 0 Å². The summed E-state index contributed by atoms with van der Waals surface area (Å²) in [5, 5.41) is 6.07. The van der Waals surface area contributed by atoms with Gasteiger partial charge in [-0.3, -0.25) is 4.79 Å². The van der Waals surface area contributed by atoms with Crippen LogP contribution in [-0.2, 0) is 4.79 Å². The summed E-state index contributed by atoms with van der Waals surface area (Å²) >= 11 is 0. The van der Waals surface area contributed by atoms with E-state index >= 15 is 0 Å². The molecule has 0 saturated carbocycles. The van der Waals surface area contributed by atoms with Crippen molar-refractivity contribution in [3.63, 3.8) is 0 Å². The largest absolute Gasteiger partial charge is 0.374 e. The number of amides is 1. The van der Waals surface area contributed by atoms with E-state index in [2.05, 4.69) is 10.6 Å². The smallest absolute Gasteiger partial charge is 0.246 e. The summed E-state index contributed by atoms with van der Waals surface area (Å²) in [5.74, 6) is -0.0484. The molecule has 98 valence electrons. The van der Waals surface area contributed by atoms with Crippen molar-refractivity contribution in [3.8, 4) is 0 Å². The van der Waals surface area contributed by atoms with Gasteiger partial charge in [0.2, 0.25) is 5.91 Å². The van der Waals surface area contributed by atoms with Gasteiger partial charge in [-0.15, -0.1) is 0 Å². The SMILES string of the molecule is Cc1cccc(NC(C)C(=O)Nc2ccccc2)c1. The normalized spacial score (nSPS) is 11.7. The van der Waals surface area contributed by atoms with Crippen LogP contribution in [0.5, 0.6) is 0 Å². The number of benzene rings is 2. The number of nitrogens with one attached hydrogen (secondary N) is 2. The van der Waals surface area contributed by atoms with Crippen molar-refractivity contribution in [2.75, 3.05) is 10.6 Å². The third-order valence-corrected chi connectivity index (χ3v) is 2.84. The lowest BCUT2D eigenvalue weighted by Gasteiger charge is -2.15. The summed E-state index contributed by atoms with van der Waals surface area (Å²) in [6.45, 7) is 3.88. The van der Waals surface area contributed by atoms with Gasteiger partial charge >= 0.3 is 0 Å². The zero-order valence-electron chi connectivity index (χ0n) is 11.2. The van der Waals surface area contributed by atoms with E-state index in [1.807, 2.05) is 68.4 Å². The molecule has 1 amide bonds. The molecule has 2 rings (SSSR count). The van der Waals surface area contributed by atoms with Crippen LogP contribution in [0, 0.1) is 6.92 Å². The van der Waals surface area contributed by atoms with Crippen LogP contribution in [0.4, 0.5) is 11.4 Å². The molecule has 0 bridgehead atoms. The summed E-state index contributed by atoms with van der Waals surface area (Å²) in [6, 6.07) is 17.1. The maximum atomic E-state index is 12.0. The van der Waals surface area contributed by atoms with Gasteiger partial charge in [0, 0.05) is 11.4 Å². The van der Waals surface area contributed by atoms with Crippen molar-refractivity contribution in [2.24, 2.45) is 0 Å². The van der Waals surface area contributed by atoms with E-state index in [-0.39, 0.29) is 11.9 Å². The highest BCUT2D eigenvalue weighted by Crippen LogP contribution is 2.12. The highest BCUT2D eigenvalue weighted by Gasteiger charge is 2.12. The number of para-hydroxylation sites is 1. The number of hydrogen-bond acceptors (Lipinski definition) is 2. The van der Waals surface area contributed by atoms with Crippen molar-refractivity contribution in [2.45, 2.75) is 19.9 Å². The Morgan fingerprint density at radius 1 is 1.00 bits per heavy atom. The van der Waals surface area contributed by atoms with Gasteiger partial charge in [0.1, 0.15) is 6.04 Å². The Morgan fingerprint density at radius 2 is 1.68 bits per heavy atom. The fourth-order valence-corrected chi connectivity index (χ4v) is 1.82. The van der Waals surface area contributed by atoms with Crippen molar-refractivity contribution < 1.29 is 4.79 Å². The van der Waals surface area contributed by atoms with Gasteiger partial charge in [0.25, 0.3) is 0 Å². The summed E-state index contributed by atoms with van der Waals surface area (Å²) in [7, 11) is 0. The molecular weight excluding hydrogens is 236 g/mol. The minimum Gasteiger partial charge on any atom is -0.374 e. The molecule has 0 aromatic heterocycles. The highest BCUT2D eigenvalue weighted by atomic mass is 16.2. The van der Waals surface area contributed by atoms with Crippen LogP contribution in [-0.4, -0.2) is 11.9 Å². The topological polar surface area (TPSA) is 41.1 Å². The number of carbonyl (C=O) groups is 1. The van der Waals surface area contributed by atoms with Crippen LogP contribution < -0.4 is 10.6 Å². The van der Waals surface area contributed by atoms with Gasteiger partial charge in [0.15, 0.2) is 0 Å². The molecule has 0 fully saturated rings. The molecule has 1 unspecified atom stereocenters. The standard InChI is InChI=1S/C16H18N2O/c1-12-7-6-10-15(11-12)17-13(2)16(19)18-14-8-4-3-5-9-14/h3-11,13,17H,1-2H3,(H,18,19). The first kappa shape index (κ1) is 13.1. The molecule has 2 aromatic rings. The molecular formula is C16H18N2O. The number of anilines is 2. The third-order valence-electron chi connectivity index (χ3n) is 2.84. The molecule has 1 atom stereocenters. The number of rotatable bonds is 4. The average Bonchev–Trinajstić information content (AvgIpc) is 2.40. The Morgan fingerprint density at radius 3 is 2.37 bits per heavy atom. The number of aryl methyl sites for hydroxylation is 1. The van der Waals surface area contributed by atoms with Crippen LogP contribution in [0.1, 0.15) is 12.5 Å². The van der Waals surface area contributed by atoms with E-state index in [0.29, 0.717) is 0 Å². The van der Waals surface area contributed by atoms with Crippen LogP contribution in [0.15, 0.2) is 54.6 Å². The first-order valence-electron chi connectivity index (χ1n) is 6.34. The second-order valence-electron chi connectivity index (χ2n) is 4.59. The van der Waals surface area contributed by atoms with Gasteiger partial charge < -0.3 is 10.6 Å². The van der Waals surface area contributed by atoms with E-state index in [1.54, 1.807) is 0 Å². The van der Waals surface area contributed by atoms with Gasteiger partial charge in [-0.2, -0.15) is 0 Å². The summed E-state index contributed by atoms with van der Waals surface area (Å²) in [4.78, 5) is 12.0. The second kappa shape index (κ2) is 6.05. The molecule has 0 aliphatic carbocycles. The Kier molecular flexibility index (Phi) is 4.18. The van der Waals surface area contributed by atoms with Crippen molar-refractivity contribution in [3.05, 3.63) is 60.2 Å². The first-order chi connectivity index (χ1) is 9.15. The Bertz CT molecular complexity index is 552. The number of carbonyl (C=O) groups excluding carboxylic acids is 1. The molecule has 3 nitrogen and oxygen atoms in total. The second-order valence-corrected chi connectivity index (χ2v) is 4.59. The summed E-state index contributed by atoms with van der Waals surface area (Å²) in [5.41, 5.74) is 2.93. The predicted octanol–water partition coefficient (Wildman–Crippen LogP) is 3.43. The Hall–Kier alpha value is -2.29. The molecule has 0 aliphatic rings. The van der Waals surface area contributed by atoms with E-state index in [4.69, 9.17) is 0 Å². The molecule has 3 heteroatoms. The fourth-order valence-electron chi connectivity index (χ4n) is 1.82. The highest BCUT2D eigenvalue weighted by molar-refractivity contribution is 5.96. The molecule has 0 aliphatic heterocycles. The molecule has 0 saturated heterocycles. The third kappa shape index (κ3) is 3.85. The Labute approximate surface area is 113 Å². The maximum Gasteiger partial charge on any atom is 0.246 e. The van der Waals surface area contributed by atoms with Crippen LogP contribution >= 0.6 is 0 Å². The lowest BCUT2D eigenvalue weighted by atomic mass is 10.2. The lowest BCUT2D eigenvalue weighted by Crippen LogP contribution is -2.31. The monoisotopic (exact) mass is 254 g/mol. The molecule has 19 heavy (non-hydrogen) atoms. The van der Waals surface area contributed by atoms with E-state index in [1.165, 1.54) is 5.56 Å². The predicted molar refractivity (Wildman–Crippen MR) is 79.3 cm³/mol. The number of hydrogen-bond donors (Lipinski definition) is 2. The van der Waals surface area contributed by atoms with Crippen molar-refractivity contribution >= 4 is 17.3 Å². The molecule has 0 spiro atoms. The van der Waals surface area contributed by atoms with Crippen molar-refractivity contribution in [1.82, 2.24) is 0 Å². The molecule has 2 N–H and O–H groups in total. The Balaban J connectivity index is 1.96. The lowest BCUT2D eigenvalue weighted by molar-refractivity contribution is -0.116. The van der Waals surface area contributed by atoms with Crippen LogP contribution in [0.25, 0.3) is 0 Å². The van der Waals surface area contributed by atoms with E-state index < -0.39 is 0 Å². The van der Waals surface area contributed by atoms with Gasteiger partial charge in [-0.25, -0.2) is 0 Å². The average molecular weight is 254 g/mol. The van der Waals surface area contributed by atoms with E-state index in [9.17, 15) is 4.79 Å². The quantitative estimate of drug-likeness (QED) is 0.877. The summed E-state index contributed by atoms with van der Waals surface area (Å²) < 4.78 is 0. The molecule has 0 radical (unpaired) electrons. The minimum atomic E-state index is -0.290. The fraction of sp³-hybridized carbons (Fsp3) is 0.188. The summed E-state index contributed by atoms with van der Waals surface area (Å²) in [6.07, 6.45) is 0. The van der Waals surface area contributed by atoms with Crippen LogP contribution in [0.2, 0.25) is 0 Å². The first-order valence-corrected chi connectivity index (χ1v) is 6.34. The van der Waals surface area contributed by atoms with Gasteiger partial charge in [-0.1, -0.05) is 30.3 Å². The maximum absolute atomic E-state index is 12.0. The van der Waals surface area contributed by atoms with Crippen molar-refractivity contribution in [1.29, 1.82) is 0 Å². The molecule has 0 heterocycles. The van der Waals surface area contributed by atoms with Gasteiger partial charge in [-0.05, 0) is 43.7 Å².